The van der Waals surface area contributed by atoms with E-state index in [1.807, 2.05) is 32.9 Å². The minimum atomic E-state index is -3.78. The zero-order valence-corrected chi connectivity index (χ0v) is 21.9. The number of nitrogens with one attached hydrogen (secondary N) is 1. The second-order valence-corrected chi connectivity index (χ2v) is 10.6. The van der Waals surface area contributed by atoms with Crippen LogP contribution in [0.25, 0.3) is 0 Å². The predicted octanol–water partition coefficient (Wildman–Crippen LogP) is 3.88. The van der Waals surface area contributed by atoms with Crippen molar-refractivity contribution in [3.63, 3.8) is 0 Å². The lowest BCUT2D eigenvalue weighted by Crippen LogP contribution is -2.53. The third-order valence-electron chi connectivity index (χ3n) is 5.96. The van der Waals surface area contributed by atoms with Gasteiger partial charge in [-0.05, 0) is 61.6 Å². The first-order chi connectivity index (χ1) is 16.5. The van der Waals surface area contributed by atoms with Crippen molar-refractivity contribution in [2.24, 2.45) is 0 Å². The number of amides is 2. The number of anilines is 1. The molecule has 2 rings (SSSR count). The Hall–Kier alpha value is -2.94. The summed E-state index contributed by atoms with van der Waals surface area (Å²) in [6, 6.07) is 11.8. The van der Waals surface area contributed by atoms with Crippen molar-refractivity contribution >= 4 is 27.5 Å². The van der Waals surface area contributed by atoms with Crippen molar-refractivity contribution < 1.29 is 22.4 Å². The van der Waals surface area contributed by atoms with Crippen LogP contribution in [0.3, 0.4) is 0 Å². The standard InChI is InChI=1S/C26H36FN3O4S/c1-6-19(4)28-26(32)24(8-3)29(17-21-9-13-22(27)14-10-21)25(31)18-30(35(5,33)34)23-15-11-20(7-2)12-16-23/h9-16,19,24H,6-8,17-18H2,1-5H3,(H,28,32)/t19-,24-/m0/s1. The van der Waals surface area contributed by atoms with Crippen LogP contribution in [0.1, 0.15) is 51.7 Å². The summed E-state index contributed by atoms with van der Waals surface area (Å²) in [6.45, 7) is 7.19. The molecule has 9 heteroatoms. The van der Waals surface area contributed by atoms with Crippen LogP contribution in [0, 0.1) is 5.82 Å². The van der Waals surface area contributed by atoms with E-state index in [1.54, 1.807) is 31.2 Å². The summed E-state index contributed by atoms with van der Waals surface area (Å²) >= 11 is 0. The van der Waals surface area contributed by atoms with E-state index >= 15 is 0 Å². The highest BCUT2D eigenvalue weighted by molar-refractivity contribution is 7.92. The number of hydrogen-bond donors (Lipinski definition) is 1. The van der Waals surface area contributed by atoms with Crippen LogP contribution in [0.4, 0.5) is 10.1 Å². The number of halogens is 1. The van der Waals surface area contributed by atoms with Gasteiger partial charge in [-0.1, -0.05) is 45.0 Å². The zero-order valence-electron chi connectivity index (χ0n) is 21.1. The number of rotatable bonds is 12. The molecule has 0 radical (unpaired) electrons. The van der Waals surface area contributed by atoms with Crippen molar-refractivity contribution in [3.05, 3.63) is 65.5 Å². The molecule has 0 bridgehead atoms. The number of aryl methyl sites for hydroxylation is 1. The van der Waals surface area contributed by atoms with Crippen molar-refractivity contribution in [1.82, 2.24) is 10.2 Å². The van der Waals surface area contributed by atoms with Gasteiger partial charge in [0.15, 0.2) is 0 Å². The van der Waals surface area contributed by atoms with Crippen LogP contribution in [0.15, 0.2) is 48.5 Å². The van der Waals surface area contributed by atoms with Gasteiger partial charge in [-0.3, -0.25) is 13.9 Å². The summed E-state index contributed by atoms with van der Waals surface area (Å²) in [5, 5.41) is 2.91. The van der Waals surface area contributed by atoms with Crippen LogP contribution in [-0.4, -0.2) is 50.0 Å². The quantitative estimate of drug-likeness (QED) is 0.474. The molecule has 0 heterocycles. The Bertz CT molecular complexity index is 1090. The molecule has 192 valence electrons. The average Bonchev–Trinajstić information content (AvgIpc) is 2.82. The fourth-order valence-corrected chi connectivity index (χ4v) is 4.51. The van der Waals surface area contributed by atoms with Gasteiger partial charge < -0.3 is 10.2 Å². The highest BCUT2D eigenvalue weighted by Gasteiger charge is 2.32. The number of nitrogens with zero attached hydrogens (tertiary/aromatic N) is 2. The first-order valence-corrected chi connectivity index (χ1v) is 13.8. The fourth-order valence-electron chi connectivity index (χ4n) is 3.66. The largest absolute Gasteiger partial charge is 0.352 e. The van der Waals surface area contributed by atoms with Gasteiger partial charge in [-0.15, -0.1) is 0 Å². The molecule has 0 aliphatic rings. The Morgan fingerprint density at radius 3 is 2.00 bits per heavy atom. The van der Waals surface area contributed by atoms with E-state index in [0.29, 0.717) is 17.7 Å². The second kappa shape index (κ2) is 12.7. The van der Waals surface area contributed by atoms with Crippen LogP contribution in [0.5, 0.6) is 0 Å². The number of hydrogen-bond acceptors (Lipinski definition) is 4. The predicted molar refractivity (Wildman–Crippen MR) is 137 cm³/mol. The van der Waals surface area contributed by atoms with Crippen molar-refractivity contribution in [3.8, 4) is 0 Å². The lowest BCUT2D eigenvalue weighted by atomic mass is 10.1. The van der Waals surface area contributed by atoms with E-state index in [2.05, 4.69) is 5.32 Å². The Morgan fingerprint density at radius 2 is 1.51 bits per heavy atom. The van der Waals surface area contributed by atoms with Crippen LogP contribution in [0.2, 0.25) is 0 Å². The number of benzene rings is 2. The molecule has 2 aromatic carbocycles. The molecule has 0 spiro atoms. The Balaban J connectivity index is 2.42. The molecule has 0 aliphatic carbocycles. The van der Waals surface area contributed by atoms with Gasteiger partial charge in [-0.25, -0.2) is 12.8 Å². The third-order valence-corrected chi connectivity index (χ3v) is 7.11. The minimum Gasteiger partial charge on any atom is -0.352 e. The van der Waals surface area contributed by atoms with Crippen LogP contribution in [-0.2, 0) is 32.6 Å². The summed E-state index contributed by atoms with van der Waals surface area (Å²) in [6.07, 6.45) is 2.90. The van der Waals surface area contributed by atoms with Gasteiger partial charge in [0.25, 0.3) is 0 Å². The van der Waals surface area contributed by atoms with E-state index in [-0.39, 0.29) is 18.5 Å². The molecule has 1 N–H and O–H groups in total. The summed E-state index contributed by atoms with van der Waals surface area (Å²) in [7, 11) is -3.78. The molecule has 0 saturated carbocycles. The molecule has 2 amide bonds. The fraction of sp³-hybridized carbons (Fsp3) is 0.462. The lowest BCUT2D eigenvalue weighted by molar-refractivity contribution is -0.140. The highest BCUT2D eigenvalue weighted by Crippen LogP contribution is 2.21. The molecule has 7 nitrogen and oxygen atoms in total. The van der Waals surface area contributed by atoms with Gasteiger partial charge in [0.1, 0.15) is 18.4 Å². The van der Waals surface area contributed by atoms with Gasteiger partial charge in [0.05, 0.1) is 11.9 Å². The van der Waals surface area contributed by atoms with Gasteiger partial charge in [-0.2, -0.15) is 0 Å². The Kier molecular flexibility index (Phi) is 10.2. The molecule has 0 aliphatic heterocycles. The topological polar surface area (TPSA) is 86.8 Å². The Labute approximate surface area is 208 Å². The summed E-state index contributed by atoms with van der Waals surface area (Å²) in [4.78, 5) is 28.0. The number of carbonyl (C=O) groups excluding carboxylic acids is 2. The van der Waals surface area contributed by atoms with Crippen LogP contribution >= 0.6 is 0 Å². The third kappa shape index (κ3) is 8.06. The minimum absolute atomic E-state index is 0.0396. The maximum atomic E-state index is 13.6. The summed E-state index contributed by atoms with van der Waals surface area (Å²) < 4.78 is 39.8. The maximum Gasteiger partial charge on any atom is 0.244 e. The van der Waals surface area contributed by atoms with Crippen molar-refractivity contribution in [1.29, 1.82) is 0 Å². The lowest BCUT2D eigenvalue weighted by Gasteiger charge is -2.33. The molecule has 0 unspecified atom stereocenters. The molecular formula is C26H36FN3O4S. The number of carbonyl (C=O) groups is 2. The van der Waals surface area contributed by atoms with E-state index in [1.165, 1.54) is 17.0 Å². The van der Waals surface area contributed by atoms with Crippen LogP contribution < -0.4 is 9.62 Å². The van der Waals surface area contributed by atoms with E-state index in [4.69, 9.17) is 0 Å². The van der Waals surface area contributed by atoms with E-state index < -0.39 is 34.3 Å². The smallest absolute Gasteiger partial charge is 0.244 e. The van der Waals surface area contributed by atoms with Gasteiger partial charge >= 0.3 is 0 Å². The summed E-state index contributed by atoms with van der Waals surface area (Å²) in [5.41, 5.74) is 2.05. The molecule has 0 fully saturated rings. The molecule has 2 atom stereocenters. The van der Waals surface area contributed by atoms with Crippen molar-refractivity contribution in [2.75, 3.05) is 17.1 Å². The zero-order chi connectivity index (χ0) is 26.2. The maximum absolute atomic E-state index is 13.6. The molecule has 0 aromatic heterocycles. The molecule has 0 saturated heterocycles. The summed E-state index contributed by atoms with van der Waals surface area (Å²) in [5.74, 6) is -1.24. The molecule has 2 aromatic rings. The SMILES string of the molecule is CCc1ccc(N(CC(=O)N(Cc2ccc(F)cc2)[C@@H](CC)C(=O)N[C@@H](C)CC)S(C)(=O)=O)cc1. The average molecular weight is 506 g/mol. The number of sulfonamides is 1. The van der Waals surface area contributed by atoms with E-state index in [0.717, 1.165) is 29.0 Å². The van der Waals surface area contributed by atoms with Gasteiger partial charge in [0.2, 0.25) is 21.8 Å². The Morgan fingerprint density at radius 1 is 0.943 bits per heavy atom. The first-order valence-electron chi connectivity index (χ1n) is 11.9. The second-order valence-electron chi connectivity index (χ2n) is 8.68. The van der Waals surface area contributed by atoms with Crippen molar-refractivity contribution in [2.45, 2.75) is 65.6 Å². The normalized spacial score (nSPS) is 13.1. The monoisotopic (exact) mass is 505 g/mol. The molecule has 35 heavy (non-hydrogen) atoms. The molecular weight excluding hydrogens is 469 g/mol. The highest BCUT2D eigenvalue weighted by atomic mass is 32.2. The van der Waals surface area contributed by atoms with E-state index in [9.17, 15) is 22.4 Å². The van der Waals surface area contributed by atoms with Gasteiger partial charge in [0, 0.05) is 12.6 Å². The first kappa shape index (κ1) is 28.3.